The summed E-state index contributed by atoms with van der Waals surface area (Å²) < 4.78 is 7.41. The van der Waals surface area contributed by atoms with Crippen LogP contribution in [0.5, 0.6) is 0 Å². The minimum absolute atomic E-state index is 0.104. The second-order valence-electron chi connectivity index (χ2n) is 5.85. The van der Waals surface area contributed by atoms with Gasteiger partial charge in [0.25, 0.3) is 0 Å². The number of aliphatic carboxylic acids is 3. The summed E-state index contributed by atoms with van der Waals surface area (Å²) in [5.74, 6) is -2.98. The fraction of sp³-hybridized carbons (Fsp3) is 0.471. The molecule has 1 aromatic rings. The van der Waals surface area contributed by atoms with E-state index in [0.717, 1.165) is 5.56 Å². The third-order valence-corrected chi connectivity index (χ3v) is 3.05. The summed E-state index contributed by atoms with van der Waals surface area (Å²) in [6.45, 7) is 3.27. The summed E-state index contributed by atoms with van der Waals surface area (Å²) in [4.78, 5) is 31.5. The van der Waals surface area contributed by atoms with E-state index in [0.29, 0.717) is 17.6 Å². The van der Waals surface area contributed by atoms with Crippen molar-refractivity contribution in [3.8, 4) is 0 Å². The van der Waals surface area contributed by atoms with Crippen LogP contribution in [0, 0.1) is 5.92 Å². The van der Waals surface area contributed by atoms with Gasteiger partial charge in [0.15, 0.2) is 0 Å². The quantitative estimate of drug-likeness (QED) is 0.436. The molecule has 8 heteroatoms. The topological polar surface area (TPSA) is 150 Å². The van der Waals surface area contributed by atoms with E-state index in [1.54, 1.807) is 30.3 Å². The lowest BCUT2D eigenvalue weighted by atomic mass is 10.1. The van der Waals surface area contributed by atoms with E-state index in [4.69, 9.17) is 22.5 Å². The molecule has 0 saturated heterocycles. The minimum Gasteiger partial charge on any atom is -0.480 e. The van der Waals surface area contributed by atoms with E-state index in [2.05, 4.69) is 0 Å². The number of nitrogens with two attached hydrogens (primary N) is 1. The molecule has 0 unspecified atom stereocenters. The first kappa shape index (κ1) is 20.6. The molecule has 1 aromatic carbocycles. The highest BCUT2D eigenvalue weighted by atomic mass is 16.4. The van der Waals surface area contributed by atoms with Gasteiger partial charge in [-0.2, -0.15) is 0 Å². The Morgan fingerprint density at radius 2 is 1.68 bits per heavy atom. The SMILES string of the molecule is CC(C)C[C@H](N)C(=O)O.[2H]N(CC(=O)O)[C@@H](Cc1ccccc1)C(=O)O. The Morgan fingerprint density at radius 3 is 2.04 bits per heavy atom. The maximum atomic E-state index is 11.0. The molecule has 2 atom stereocenters. The number of carboxylic acids is 3. The van der Waals surface area contributed by atoms with Gasteiger partial charge in [-0.15, -0.1) is 0 Å². The van der Waals surface area contributed by atoms with Gasteiger partial charge in [0.2, 0.25) is 0 Å². The molecule has 0 amide bonds. The summed E-state index contributed by atoms with van der Waals surface area (Å²) in [6, 6.07) is 6.96. The van der Waals surface area contributed by atoms with Crippen molar-refractivity contribution < 1.29 is 31.1 Å². The Hall–Kier alpha value is -2.45. The standard InChI is InChI=1S/C11H13NO4.C6H13NO2/c13-10(14)7-12-9(11(15)16)6-8-4-2-1-3-5-8;1-4(2)3-5(7)6(8)9/h1-5,9,12H,6-7H2,(H,13,14)(H,15,16);4-5H,3,7H2,1-2H3,(H,8,9)/t9-;5-/m00/s1/i/hD. The number of carboxylic acid groups (broad SMARTS) is 3. The average molecular weight is 355 g/mol. The molecule has 0 spiro atoms. The Kier molecular flexibility index (Phi) is 9.88. The van der Waals surface area contributed by atoms with Crippen molar-refractivity contribution in [2.45, 2.75) is 38.8 Å². The van der Waals surface area contributed by atoms with Crippen LogP contribution in [0.2, 0.25) is 1.41 Å². The molecular weight excluding hydrogens is 328 g/mol. The fourth-order valence-electron chi connectivity index (χ4n) is 1.86. The number of nitrogens with one attached hydrogen (secondary N) is 1. The van der Waals surface area contributed by atoms with Gasteiger partial charge in [-0.1, -0.05) is 44.2 Å². The number of carbonyl (C=O) groups is 3. The van der Waals surface area contributed by atoms with Crippen LogP contribution in [0.15, 0.2) is 30.3 Å². The first-order valence-corrected chi connectivity index (χ1v) is 7.77. The average Bonchev–Trinajstić information content (AvgIpc) is 2.52. The summed E-state index contributed by atoms with van der Waals surface area (Å²) in [7, 11) is 0. The van der Waals surface area contributed by atoms with E-state index in [9.17, 15) is 14.4 Å². The van der Waals surface area contributed by atoms with Crippen molar-refractivity contribution in [3.05, 3.63) is 35.9 Å². The lowest BCUT2D eigenvalue weighted by molar-refractivity contribution is -0.141. The summed E-state index contributed by atoms with van der Waals surface area (Å²) >= 11 is 0. The number of benzene rings is 1. The van der Waals surface area contributed by atoms with Crippen molar-refractivity contribution in [1.82, 2.24) is 5.31 Å². The number of hydrogen-bond acceptors (Lipinski definition) is 5. The zero-order valence-corrected chi connectivity index (χ0v) is 14.3. The van der Waals surface area contributed by atoms with Gasteiger partial charge in [0, 0.05) is 0 Å². The van der Waals surface area contributed by atoms with Crippen molar-refractivity contribution >= 4 is 17.9 Å². The van der Waals surface area contributed by atoms with E-state index >= 15 is 0 Å². The molecule has 0 saturated carbocycles. The van der Waals surface area contributed by atoms with Crippen molar-refractivity contribution in [2.24, 2.45) is 11.7 Å². The smallest absolute Gasteiger partial charge is 0.321 e. The van der Waals surface area contributed by atoms with Crippen molar-refractivity contribution in [3.63, 3.8) is 0 Å². The van der Waals surface area contributed by atoms with Crippen LogP contribution in [-0.2, 0) is 20.8 Å². The molecule has 6 N–H and O–H groups in total. The van der Waals surface area contributed by atoms with Crippen LogP contribution in [0.1, 0.15) is 25.8 Å². The first-order valence-electron chi connectivity index (χ1n) is 8.21. The molecule has 1 rings (SSSR count). The van der Waals surface area contributed by atoms with Gasteiger partial charge in [-0.25, -0.2) is 0 Å². The normalized spacial score (nSPS) is 13.4. The molecule has 0 radical (unpaired) electrons. The van der Waals surface area contributed by atoms with Crippen molar-refractivity contribution in [2.75, 3.05) is 6.54 Å². The molecule has 0 fully saturated rings. The van der Waals surface area contributed by atoms with Crippen LogP contribution >= 0.6 is 0 Å². The second kappa shape index (κ2) is 12.0. The van der Waals surface area contributed by atoms with Crippen LogP contribution in [0.25, 0.3) is 0 Å². The summed E-state index contributed by atoms with van der Waals surface area (Å²) in [6.07, 6.45) is 0.655. The molecule has 0 aliphatic heterocycles. The van der Waals surface area contributed by atoms with Crippen LogP contribution in [0.4, 0.5) is 0 Å². The highest BCUT2D eigenvalue weighted by molar-refractivity contribution is 5.76. The minimum atomic E-state index is -1.22. The van der Waals surface area contributed by atoms with Gasteiger partial charge in [-0.05, 0) is 24.3 Å². The van der Waals surface area contributed by atoms with Gasteiger partial charge in [-0.3, -0.25) is 19.7 Å². The maximum absolute atomic E-state index is 11.0. The summed E-state index contributed by atoms with van der Waals surface area (Å²) in [5, 5.41) is 26.4. The Labute approximate surface area is 148 Å². The molecular formula is C17H26N2O6. The largest absolute Gasteiger partial charge is 0.480 e. The third kappa shape index (κ3) is 11.7. The molecule has 0 bridgehead atoms. The molecule has 25 heavy (non-hydrogen) atoms. The van der Waals surface area contributed by atoms with Crippen LogP contribution in [0.3, 0.4) is 0 Å². The Morgan fingerprint density at radius 1 is 1.12 bits per heavy atom. The zero-order chi connectivity index (χ0) is 20.3. The van der Waals surface area contributed by atoms with Gasteiger partial charge in [0.1, 0.15) is 13.5 Å². The van der Waals surface area contributed by atoms with E-state index in [-0.39, 0.29) is 6.42 Å². The third-order valence-electron chi connectivity index (χ3n) is 3.05. The van der Waals surface area contributed by atoms with Gasteiger partial charge in [0.05, 0.1) is 6.54 Å². The molecule has 8 nitrogen and oxygen atoms in total. The Bertz CT molecular complexity index is 582. The molecule has 0 aliphatic rings. The number of rotatable bonds is 9. The Balaban J connectivity index is 0.000000590. The second-order valence-corrected chi connectivity index (χ2v) is 5.85. The first-order chi connectivity index (χ1) is 12.0. The maximum Gasteiger partial charge on any atom is 0.321 e. The predicted molar refractivity (Wildman–Crippen MR) is 92.3 cm³/mol. The molecule has 0 aromatic heterocycles. The number of hydrogen-bond donors (Lipinski definition) is 5. The summed E-state index contributed by atoms with van der Waals surface area (Å²) in [5.41, 5.74) is 5.97. The van der Waals surface area contributed by atoms with Crippen LogP contribution in [-0.4, -0.2) is 51.9 Å². The van der Waals surface area contributed by atoms with Crippen molar-refractivity contribution in [1.29, 1.82) is 0 Å². The predicted octanol–water partition coefficient (Wildman–Crippen LogP) is 0.801. The highest BCUT2D eigenvalue weighted by Gasteiger charge is 2.18. The lowest BCUT2D eigenvalue weighted by Crippen LogP contribution is -2.41. The van der Waals surface area contributed by atoms with E-state index in [1.807, 2.05) is 13.8 Å². The fourth-order valence-corrected chi connectivity index (χ4v) is 1.86. The lowest BCUT2D eigenvalue weighted by Gasteiger charge is -2.12. The monoisotopic (exact) mass is 355 g/mol. The molecule has 0 heterocycles. The van der Waals surface area contributed by atoms with E-state index < -0.39 is 36.5 Å². The van der Waals surface area contributed by atoms with E-state index in [1.165, 1.54) is 0 Å². The molecule has 0 aliphatic carbocycles. The van der Waals surface area contributed by atoms with Gasteiger partial charge >= 0.3 is 17.9 Å². The van der Waals surface area contributed by atoms with Gasteiger partial charge < -0.3 is 21.1 Å². The van der Waals surface area contributed by atoms with Crippen LogP contribution < -0.4 is 11.0 Å². The zero-order valence-electron chi connectivity index (χ0n) is 15.3. The molecule has 140 valence electrons. The highest BCUT2D eigenvalue weighted by Crippen LogP contribution is 2.03.